The number of anilines is 1. The summed E-state index contributed by atoms with van der Waals surface area (Å²) in [5.74, 6) is 2.27. The molecule has 1 N–H and O–H groups in total. The van der Waals surface area contributed by atoms with E-state index in [1.54, 1.807) is 0 Å². The first-order valence-corrected chi connectivity index (χ1v) is 5.14. The molecular weight excluding hydrogens is 303 g/mol. The summed E-state index contributed by atoms with van der Waals surface area (Å²) < 4.78 is 36.6. The first kappa shape index (κ1) is 13.6. The molecule has 1 aromatic rings. The lowest BCUT2D eigenvalue weighted by molar-refractivity contribution is -0.143. The summed E-state index contributed by atoms with van der Waals surface area (Å²) in [6.45, 7) is -1.29. The van der Waals surface area contributed by atoms with Gasteiger partial charge in [-0.1, -0.05) is 5.92 Å². The van der Waals surface area contributed by atoms with Gasteiger partial charge in [-0.3, -0.25) is 4.79 Å². The number of nitrogens with one attached hydrogen (secondary N) is 1. The second-order valence-corrected chi connectivity index (χ2v) is 3.80. The maximum atomic E-state index is 12.1. The molecule has 0 atom stereocenters. The minimum absolute atomic E-state index is 0.0352. The molecule has 8 heteroatoms. The van der Waals surface area contributed by atoms with Crippen molar-refractivity contribution in [2.24, 2.45) is 0 Å². The smallest absolute Gasteiger partial charge is 0.372 e. The highest BCUT2D eigenvalue weighted by molar-refractivity contribution is 9.10. The predicted octanol–water partition coefficient (Wildman–Crippen LogP) is 1.61. The predicted molar refractivity (Wildman–Crippen MR) is 59.6 cm³/mol. The maximum absolute atomic E-state index is 12.1. The Morgan fingerprint density at radius 3 is 2.76 bits per heavy atom. The summed E-state index contributed by atoms with van der Waals surface area (Å²) >= 11 is 2.90. The third kappa shape index (κ3) is 3.78. The van der Waals surface area contributed by atoms with Gasteiger partial charge in [0.1, 0.15) is 11.0 Å². The van der Waals surface area contributed by atoms with E-state index in [0.717, 1.165) is 6.20 Å². The Morgan fingerprint density at radius 2 is 2.24 bits per heavy atom. The Balaban J connectivity index is 3.04. The van der Waals surface area contributed by atoms with Crippen molar-refractivity contribution in [1.29, 1.82) is 0 Å². The first-order valence-electron chi connectivity index (χ1n) is 4.35. The molecule has 0 aliphatic heterocycles. The molecule has 0 amide bonds. The van der Waals surface area contributed by atoms with Crippen LogP contribution in [0.1, 0.15) is 0 Å². The average Bonchev–Trinajstić information content (AvgIpc) is 2.22. The van der Waals surface area contributed by atoms with Crippen LogP contribution in [-0.2, 0) is 6.54 Å². The van der Waals surface area contributed by atoms with Crippen LogP contribution >= 0.6 is 15.9 Å². The fourth-order valence-electron chi connectivity index (χ4n) is 1.02. The van der Waals surface area contributed by atoms with Crippen LogP contribution in [0, 0.1) is 12.3 Å². The van der Waals surface area contributed by atoms with Crippen LogP contribution in [0.4, 0.5) is 18.9 Å². The van der Waals surface area contributed by atoms with Crippen LogP contribution in [0.25, 0.3) is 0 Å². The standard InChI is InChI=1S/C9H7BrF3N3O/c1-2-3-14-6-4-15-16(5-9(11,12)13)8(17)7(6)10/h1,4,14H,3,5H2. The van der Waals surface area contributed by atoms with E-state index >= 15 is 0 Å². The molecule has 0 saturated heterocycles. The monoisotopic (exact) mass is 309 g/mol. The van der Waals surface area contributed by atoms with E-state index in [1.165, 1.54) is 0 Å². The van der Waals surface area contributed by atoms with Crippen molar-refractivity contribution in [3.63, 3.8) is 0 Å². The molecule has 0 fully saturated rings. The Labute approximate surface area is 103 Å². The lowest BCUT2D eigenvalue weighted by Gasteiger charge is -2.10. The number of aromatic nitrogens is 2. The minimum atomic E-state index is -4.50. The molecule has 1 aromatic heterocycles. The zero-order valence-corrected chi connectivity index (χ0v) is 9.97. The van der Waals surface area contributed by atoms with Crippen molar-refractivity contribution in [3.05, 3.63) is 21.0 Å². The van der Waals surface area contributed by atoms with E-state index in [9.17, 15) is 18.0 Å². The van der Waals surface area contributed by atoms with Gasteiger partial charge in [0.15, 0.2) is 0 Å². The number of hydrogen-bond acceptors (Lipinski definition) is 3. The van der Waals surface area contributed by atoms with Gasteiger partial charge in [0.05, 0.1) is 18.4 Å². The zero-order valence-electron chi connectivity index (χ0n) is 8.38. The lowest BCUT2D eigenvalue weighted by Crippen LogP contribution is -2.31. The number of alkyl halides is 3. The summed E-state index contributed by atoms with van der Waals surface area (Å²) in [5.41, 5.74) is -0.615. The molecule has 0 unspecified atom stereocenters. The molecule has 4 nitrogen and oxygen atoms in total. The van der Waals surface area contributed by atoms with Crippen molar-refractivity contribution in [2.45, 2.75) is 12.7 Å². The Bertz CT molecular complexity index is 504. The quantitative estimate of drug-likeness (QED) is 0.863. The van der Waals surface area contributed by atoms with Gasteiger partial charge in [-0.05, 0) is 15.9 Å². The molecule has 0 saturated carbocycles. The van der Waals surface area contributed by atoms with E-state index in [0.29, 0.717) is 4.68 Å². The van der Waals surface area contributed by atoms with Gasteiger partial charge in [-0.2, -0.15) is 18.3 Å². The number of terminal acetylenes is 1. The van der Waals surface area contributed by atoms with Gasteiger partial charge in [-0.25, -0.2) is 4.68 Å². The van der Waals surface area contributed by atoms with Crippen LogP contribution in [0.5, 0.6) is 0 Å². The molecule has 0 aliphatic carbocycles. The number of halogens is 4. The Hall–Kier alpha value is -1.49. The Kier molecular flexibility index (Phi) is 4.17. The molecule has 17 heavy (non-hydrogen) atoms. The van der Waals surface area contributed by atoms with Crippen molar-refractivity contribution in [3.8, 4) is 12.3 Å². The molecule has 0 aromatic carbocycles. The van der Waals surface area contributed by atoms with Gasteiger partial charge < -0.3 is 5.32 Å². The van der Waals surface area contributed by atoms with Crippen molar-refractivity contribution >= 4 is 21.6 Å². The first-order chi connectivity index (χ1) is 7.85. The van der Waals surface area contributed by atoms with Crippen LogP contribution < -0.4 is 10.9 Å². The molecular formula is C9H7BrF3N3O. The second kappa shape index (κ2) is 5.23. The largest absolute Gasteiger partial charge is 0.408 e. The third-order valence-electron chi connectivity index (χ3n) is 1.69. The van der Waals surface area contributed by atoms with Crippen LogP contribution in [0.15, 0.2) is 15.5 Å². The topological polar surface area (TPSA) is 46.9 Å². The zero-order chi connectivity index (χ0) is 13.1. The summed E-state index contributed by atoms with van der Waals surface area (Å²) in [4.78, 5) is 11.5. The van der Waals surface area contributed by atoms with Gasteiger partial charge in [0.25, 0.3) is 5.56 Å². The summed E-state index contributed by atoms with van der Waals surface area (Å²) in [5, 5.41) is 6.05. The molecule has 1 heterocycles. The fourth-order valence-corrected chi connectivity index (χ4v) is 1.46. The van der Waals surface area contributed by atoms with Crippen LogP contribution in [-0.4, -0.2) is 22.5 Å². The highest BCUT2D eigenvalue weighted by Gasteiger charge is 2.29. The van der Waals surface area contributed by atoms with Crippen molar-refractivity contribution in [2.75, 3.05) is 11.9 Å². The van der Waals surface area contributed by atoms with Crippen LogP contribution in [0.2, 0.25) is 0 Å². The molecule has 0 bridgehead atoms. The molecule has 1 rings (SSSR count). The average molecular weight is 310 g/mol. The summed E-state index contributed by atoms with van der Waals surface area (Å²) in [6.07, 6.45) is 1.61. The summed E-state index contributed by atoms with van der Waals surface area (Å²) in [6, 6.07) is 0. The molecule has 92 valence electrons. The van der Waals surface area contributed by atoms with Gasteiger partial charge >= 0.3 is 6.18 Å². The SMILES string of the molecule is C#CCNc1cnn(CC(F)(F)F)c(=O)c1Br. The minimum Gasteiger partial charge on any atom is -0.372 e. The van der Waals surface area contributed by atoms with E-state index < -0.39 is 18.3 Å². The molecule has 0 radical (unpaired) electrons. The van der Waals surface area contributed by atoms with Crippen molar-refractivity contribution < 1.29 is 13.2 Å². The maximum Gasteiger partial charge on any atom is 0.408 e. The van der Waals surface area contributed by atoms with Gasteiger partial charge in [-0.15, -0.1) is 6.42 Å². The summed E-state index contributed by atoms with van der Waals surface area (Å²) in [7, 11) is 0. The highest BCUT2D eigenvalue weighted by atomic mass is 79.9. The van der Waals surface area contributed by atoms with Crippen LogP contribution in [0.3, 0.4) is 0 Å². The number of rotatable bonds is 3. The van der Waals surface area contributed by atoms with Gasteiger partial charge in [0.2, 0.25) is 0 Å². The number of nitrogens with zero attached hydrogens (tertiary/aromatic N) is 2. The fraction of sp³-hybridized carbons (Fsp3) is 0.333. The number of hydrogen-bond donors (Lipinski definition) is 1. The van der Waals surface area contributed by atoms with Crippen molar-refractivity contribution in [1.82, 2.24) is 9.78 Å². The highest BCUT2D eigenvalue weighted by Crippen LogP contribution is 2.19. The molecule has 0 spiro atoms. The lowest BCUT2D eigenvalue weighted by atomic mass is 10.4. The molecule has 0 aliphatic rings. The van der Waals surface area contributed by atoms with E-state index in [2.05, 4.69) is 32.3 Å². The van der Waals surface area contributed by atoms with Gasteiger partial charge in [0, 0.05) is 0 Å². The Morgan fingerprint density at radius 1 is 1.59 bits per heavy atom. The van der Waals surface area contributed by atoms with E-state index in [1.807, 2.05) is 0 Å². The van der Waals surface area contributed by atoms with E-state index in [-0.39, 0.29) is 16.7 Å². The normalized spacial score (nSPS) is 11.0. The van der Waals surface area contributed by atoms with E-state index in [4.69, 9.17) is 6.42 Å². The second-order valence-electron chi connectivity index (χ2n) is 3.01. The third-order valence-corrected chi connectivity index (χ3v) is 2.46.